The lowest BCUT2D eigenvalue weighted by Crippen LogP contribution is -2.39. The van der Waals surface area contributed by atoms with E-state index in [2.05, 4.69) is 74.3 Å². The molecule has 1 atom stereocenters. The zero-order valence-electron chi connectivity index (χ0n) is 15.2. The lowest BCUT2D eigenvalue weighted by molar-refractivity contribution is -0.870. The third-order valence-electron chi connectivity index (χ3n) is 2.56. The Morgan fingerprint density at radius 1 is 1.00 bits per heavy atom. The number of nitrogens with zero attached hydrogens (tertiary/aromatic N) is 2. The van der Waals surface area contributed by atoms with E-state index >= 15 is 0 Å². The summed E-state index contributed by atoms with van der Waals surface area (Å²) in [6, 6.07) is 0.820. The van der Waals surface area contributed by atoms with E-state index in [0.717, 1.165) is 17.6 Å². The molecule has 122 valence electrons. The molecule has 4 nitrogen and oxygen atoms in total. The first-order chi connectivity index (χ1) is 8.83. The summed E-state index contributed by atoms with van der Waals surface area (Å²) in [6.45, 7) is 16.8. The highest BCUT2D eigenvalue weighted by molar-refractivity contribution is 7.44. The number of likely N-dealkylation sites (N-methyl/N-ethyl adjacent to an activating group) is 1. The topological polar surface area (TPSA) is 21.7 Å². The molecular formula is C15H36N2O2P+. The lowest BCUT2D eigenvalue weighted by Gasteiger charge is -2.39. The SMILES string of the molecule is CC(C)N(C(C)C)P(OCC[N+](C)(C)C)OC(C)(C)C. The number of hydrogen-bond donors (Lipinski definition) is 0. The Balaban J connectivity index is 4.79. The summed E-state index contributed by atoms with van der Waals surface area (Å²) in [7, 11) is 5.52. The third kappa shape index (κ3) is 9.25. The maximum Gasteiger partial charge on any atom is 0.259 e. The molecular weight excluding hydrogens is 271 g/mol. The van der Waals surface area contributed by atoms with Crippen molar-refractivity contribution in [1.82, 2.24) is 4.67 Å². The Kier molecular flexibility index (Phi) is 8.16. The monoisotopic (exact) mass is 307 g/mol. The van der Waals surface area contributed by atoms with Gasteiger partial charge < -0.3 is 13.5 Å². The van der Waals surface area contributed by atoms with Crippen molar-refractivity contribution in [3.05, 3.63) is 0 Å². The fourth-order valence-corrected chi connectivity index (χ4v) is 3.48. The average molecular weight is 307 g/mol. The second kappa shape index (κ2) is 8.05. The van der Waals surface area contributed by atoms with Crippen LogP contribution in [0.4, 0.5) is 0 Å². The average Bonchev–Trinajstić information content (AvgIpc) is 2.10. The van der Waals surface area contributed by atoms with Gasteiger partial charge in [0.25, 0.3) is 8.53 Å². The summed E-state index contributed by atoms with van der Waals surface area (Å²) in [5.74, 6) is 0. The Hall–Kier alpha value is 0.270. The van der Waals surface area contributed by atoms with Crippen molar-refractivity contribution in [2.45, 2.75) is 66.2 Å². The summed E-state index contributed by atoms with van der Waals surface area (Å²) in [5.41, 5.74) is -0.190. The van der Waals surface area contributed by atoms with Crippen LogP contribution in [0.1, 0.15) is 48.5 Å². The first-order valence-corrected chi connectivity index (χ1v) is 8.67. The predicted octanol–water partition coefficient (Wildman–Crippen LogP) is 3.87. The van der Waals surface area contributed by atoms with Crippen molar-refractivity contribution in [3.63, 3.8) is 0 Å². The Morgan fingerprint density at radius 3 is 1.75 bits per heavy atom. The Bertz CT molecular complexity index is 262. The molecule has 1 unspecified atom stereocenters. The van der Waals surface area contributed by atoms with E-state index in [0.29, 0.717) is 12.1 Å². The smallest absolute Gasteiger partial charge is 0.259 e. The molecule has 0 fully saturated rings. The van der Waals surface area contributed by atoms with Gasteiger partial charge in [-0.05, 0) is 48.5 Å². The molecule has 0 heterocycles. The van der Waals surface area contributed by atoms with Gasteiger partial charge in [-0.3, -0.25) is 0 Å². The maximum atomic E-state index is 6.20. The summed E-state index contributed by atoms with van der Waals surface area (Å²) in [5, 5.41) is 0. The molecule has 0 saturated heterocycles. The quantitative estimate of drug-likeness (QED) is 0.502. The van der Waals surface area contributed by atoms with E-state index in [4.69, 9.17) is 9.05 Å². The molecule has 0 spiro atoms. The van der Waals surface area contributed by atoms with Crippen LogP contribution < -0.4 is 0 Å². The summed E-state index contributed by atoms with van der Waals surface area (Å²) < 4.78 is 15.6. The maximum absolute atomic E-state index is 6.20. The van der Waals surface area contributed by atoms with Crippen molar-refractivity contribution in [2.24, 2.45) is 0 Å². The minimum absolute atomic E-state index is 0.190. The zero-order chi connectivity index (χ0) is 16.1. The molecule has 0 aliphatic carbocycles. The lowest BCUT2D eigenvalue weighted by atomic mass is 10.2. The second-order valence-corrected chi connectivity index (χ2v) is 9.23. The fraction of sp³-hybridized carbons (Fsp3) is 1.00. The van der Waals surface area contributed by atoms with Crippen molar-refractivity contribution in [3.8, 4) is 0 Å². The highest BCUT2D eigenvalue weighted by atomic mass is 31.2. The minimum atomic E-state index is -1.02. The molecule has 0 saturated carbocycles. The van der Waals surface area contributed by atoms with E-state index in [1.807, 2.05) is 0 Å². The van der Waals surface area contributed by atoms with Crippen LogP contribution in [-0.2, 0) is 9.05 Å². The van der Waals surface area contributed by atoms with Gasteiger partial charge in [0, 0.05) is 12.1 Å². The molecule has 20 heavy (non-hydrogen) atoms. The molecule has 0 amide bonds. The summed E-state index contributed by atoms with van der Waals surface area (Å²) in [6.07, 6.45) is 0. The Labute approximate surface area is 128 Å². The van der Waals surface area contributed by atoms with Gasteiger partial charge in [0.15, 0.2) is 0 Å². The van der Waals surface area contributed by atoms with Gasteiger partial charge in [0.05, 0.1) is 26.7 Å². The van der Waals surface area contributed by atoms with Crippen LogP contribution in [0.3, 0.4) is 0 Å². The molecule has 0 aromatic carbocycles. The molecule has 0 rings (SSSR count). The van der Waals surface area contributed by atoms with Gasteiger partial charge in [-0.15, -0.1) is 0 Å². The van der Waals surface area contributed by atoms with Crippen molar-refractivity contribution in [2.75, 3.05) is 34.3 Å². The summed E-state index contributed by atoms with van der Waals surface area (Å²) in [4.78, 5) is 0. The Morgan fingerprint density at radius 2 is 1.45 bits per heavy atom. The number of rotatable bonds is 8. The largest absolute Gasteiger partial charge is 0.329 e. The van der Waals surface area contributed by atoms with Crippen LogP contribution >= 0.6 is 8.53 Å². The van der Waals surface area contributed by atoms with Gasteiger partial charge in [-0.25, -0.2) is 4.67 Å². The zero-order valence-corrected chi connectivity index (χ0v) is 16.1. The van der Waals surface area contributed by atoms with Crippen LogP contribution in [0.2, 0.25) is 0 Å². The molecule has 0 N–H and O–H groups in total. The number of hydrogen-bond acceptors (Lipinski definition) is 3. The van der Waals surface area contributed by atoms with Gasteiger partial charge in [-0.1, -0.05) is 0 Å². The third-order valence-corrected chi connectivity index (χ3v) is 4.97. The fourth-order valence-electron chi connectivity index (χ4n) is 1.74. The van der Waals surface area contributed by atoms with Crippen molar-refractivity contribution < 1.29 is 13.5 Å². The normalized spacial score (nSPS) is 15.4. The van der Waals surface area contributed by atoms with E-state index in [-0.39, 0.29) is 5.60 Å². The van der Waals surface area contributed by atoms with Crippen LogP contribution in [0.5, 0.6) is 0 Å². The van der Waals surface area contributed by atoms with Crippen LogP contribution in [-0.4, -0.2) is 61.1 Å². The molecule has 0 radical (unpaired) electrons. The van der Waals surface area contributed by atoms with Crippen molar-refractivity contribution >= 4 is 8.53 Å². The molecule has 0 aromatic rings. The van der Waals surface area contributed by atoms with Crippen molar-refractivity contribution in [1.29, 1.82) is 0 Å². The van der Waals surface area contributed by atoms with Gasteiger partial charge in [0.1, 0.15) is 13.2 Å². The minimum Gasteiger partial charge on any atom is -0.329 e. The standard InChI is InChI=1S/C15H36N2O2P/c1-13(2)16(14(3)4)20(19-15(5,6)7)18-12-11-17(8,9)10/h13-14H,11-12H2,1-10H3/q+1. The van der Waals surface area contributed by atoms with Gasteiger partial charge in [-0.2, -0.15) is 0 Å². The van der Waals surface area contributed by atoms with Gasteiger partial charge >= 0.3 is 0 Å². The predicted molar refractivity (Wildman–Crippen MR) is 88.7 cm³/mol. The van der Waals surface area contributed by atoms with E-state index in [1.165, 1.54) is 0 Å². The van der Waals surface area contributed by atoms with Crippen LogP contribution in [0.25, 0.3) is 0 Å². The summed E-state index contributed by atoms with van der Waals surface area (Å²) >= 11 is 0. The van der Waals surface area contributed by atoms with E-state index in [1.54, 1.807) is 0 Å². The first kappa shape index (κ1) is 20.3. The molecule has 0 aromatic heterocycles. The van der Waals surface area contributed by atoms with Crippen LogP contribution in [0, 0.1) is 0 Å². The number of quaternary nitrogens is 1. The highest BCUT2D eigenvalue weighted by Crippen LogP contribution is 2.48. The van der Waals surface area contributed by atoms with E-state index in [9.17, 15) is 0 Å². The van der Waals surface area contributed by atoms with E-state index < -0.39 is 8.53 Å². The second-order valence-electron chi connectivity index (χ2n) is 7.86. The molecule has 0 aliphatic rings. The molecule has 5 heteroatoms. The molecule has 0 bridgehead atoms. The first-order valence-electron chi connectivity index (χ1n) is 7.54. The van der Waals surface area contributed by atoms with Crippen LogP contribution in [0.15, 0.2) is 0 Å². The van der Waals surface area contributed by atoms with Gasteiger partial charge in [0.2, 0.25) is 0 Å². The highest BCUT2D eigenvalue weighted by Gasteiger charge is 2.31. The molecule has 0 aliphatic heterocycles.